The fourth-order valence-electron chi connectivity index (χ4n) is 2.93. The molecule has 162 valence electrons. The van der Waals surface area contributed by atoms with Crippen molar-refractivity contribution in [2.75, 3.05) is 32.1 Å². The minimum Gasteiger partial charge on any atom is -0.309 e. The summed E-state index contributed by atoms with van der Waals surface area (Å²) in [5.74, 6) is -0.610. The van der Waals surface area contributed by atoms with Crippen molar-refractivity contribution in [2.24, 2.45) is 0 Å². The second-order valence-electron chi connectivity index (χ2n) is 6.95. The standard InChI is InChI=1S/C19H18ClN5O5S/c1-22(2)7-4-8-23(19-21-17-15(20)5-3-6-16(17)31-19)18(26)12-9-13(24(27)28)11-14(10-12)25(29)30/h3,5-6,9-11H,4,7-8H2,1-2H3. The maximum Gasteiger partial charge on any atom is 0.277 e. The molecule has 0 spiro atoms. The highest BCUT2D eigenvalue weighted by Gasteiger charge is 2.26. The van der Waals surface area contributed by atoms with E-state index < -0.39 is 27.1 Å². The van der Waals surface area contributed by atoms with Gasteiger partial charge >= 0.3 is 0 Å². The van der Waals surface area contributed by atoms with Gasteiger partial charge in [0.05, 0.1) is 31.2 Å². The molecule has 1 heterocycles. The van der Waals surface area contributed by atoms with E-state index in [1.807, 2.05) is 25.1 Å². The van der Waals surface area contributed by atoms with Crippen LogP contribution in [0.25, 0.3) is 10.2 Å². The van der Waals surface area contributed by atoms with Crippen LogP contribution < -0.4 is 4.90 Å². The van der Waals surface area contributed by atoms with Crippen molar-refractivity contribution in [3.8, 4) is 0 Å². The van der Waals surface area contributed by atoms with Crippen LogP contribution in [-0.4, -0.2) is 52.8 Å². The Morgan fingerprint density at radius 2 is 1.74 bits per heavy atom. The van der Waals surface area contributed by atoms with E-state index in [0.717, 1.165) is 22.9 Å². The maximum absolute atomic E-state index is 13.3. The molecule has 31 heavy (non-hydrogen) atoms. The smallest absolute Gasteiger partial charge is 0.277 e. The van der Waals surface area contributed by atoms with Gasteiger partial charge in [-0.15, -0.1) is 0 Å². The fourth-order valence-corrected chi connectivity index (χ4v) is 4.22. The molecule has 0 fully saturated rings. The number of nitro benzene ring substituents is 2. The zero-order chi connectivity index (χ0) is 22.7. The lowest BCUT2D eigenvalue weighted by Gasteiger charge is -2.21. The Morgan fingerprint density at radius 3 is 2.29 bits per heavy atom. The monoisotopic (exact) mass is 463 g/mol. The number of carbonyl (C=O) groups is 1. The Morgan fingerprint density at radius 1 is 1.10 bits per heavy atom. The normalized spacial score (nSPS) is 11.1. The Labute approximate surface area is 186 Å². The molecule has 2 aromatic carbocycles. The summed E-state index contributed by atoms with van der Waals surface area (Å²) in [6.45, 7) is 0.954. The van der Waals surface area contributed by atoms with Gasteiger partial charge in [-0.1, -0.05) is 29.0 Å². The molecule has 10 nitrogen and oxygen atoms in total. The lowest BCUT2D eigenvalue weighted by molar-refractivity contribution is -0.394. The minimum atomic E-state index is -0.766. The predicted octanol–water partition coefficient (Wildman–Crippen LogP) is 4.36. The highest BCUT2D eigenvalue weighted by atomic mass is 35.5. The zero-order valence-corrected chi connectivity index (χ0v) is 18.2. The van der Waals surface area contributed by atoms with Gasteiger partial charge in [0.25, 0.3) is 17.3 Å². The number of amides is 1. The number of anilines is 1. The van der Waals surface area contributed by atoms with Gasteiger partial charge in [0.15, 0.2) is 5.13 Å². The molecule has 1 aromatic heterocycles. The van der Waals surface area contributed by atoms with Crippen LogP contribution in [0.5, 0.6) is 0 Å². The average molecular weight is 464 g/mol. The maximum atomic E-state index is 13.3. The average Bonchev–Trinajstić information content (AvgIpc) is 3.15. The second-order valence-corrected chi connectivity index (χ2v) is 8.37. The third-order valence-corrected chi connectivity index (χ3v) is 5.74. The molecule has 0 aliphatic rings. The second kappa shape index (κ2) is 9.33. The van der Waals surface area contributed by atoms with Crippen molar-refractivity contribution in [1.29, 1.82) is 0 Å². The van der Waals surface area contributed by atoms with Gasteiger partial charge < -0.3 is 4.90 Å². The Bertz CT molecular complexity index is 1130. The van der Waals surface area contributed by atoms with Gasteiger partial charge in [-0.25, -0.2) is 4.98 Å². The highest BCUT2D eigenvalue weighted by molar-refractivity contribution is 7.22. The molecule has 0 unspecified atom stereocenters. The summed E-state index contributed by atoms with van der Waals surface area (Å²) in [6.07, 6.45) is 0.597. The number of thiazole rings is 1. The number of benzene rings is 2. The van der Waals surface area contributed by atoms with Gasteiger partial charge in [0.2, 0.25) is 0 Å². The molecular formula is C19H18ClN5O5S. The Hall–Kier alpha value is -3.15. The summed E-state index contributed by atoms with van der Waals surface area (Å²) >= 11 is 7.46. The van der Waals surface area contributed by atoms with Gasteiger partial charge in [0, 0.05) is 18.7 Å². The first-order chi connectivity index (χ1) is 14.7. The number of aromatic nitrogens is 1. The van der Waals surface area contributed by atoms with Crippen molar-refractivity contribution < 1.29 is 14.6 Å². The van der Waals surface area contributed by atoms with Crippen LogP contribution >= 0.6 is 22.9 Å². The molecule has 0 N–H and O–H groups in total. The first kappa shape index (κ1) is 22.5. The third-order valence-electron chi connectivity index (χ3n) is 4.39. The first-order valence-corrected chi connectivity index (χ1v) is 10.3. The van der Waals surface area contributed by atoms with E-state index in [-0.39, 0.29) is 12.1 Å². The number of para-hydroxylation sites is 1. The first-order valence-electron chi connectivity index (χ1n) is 9.13. The number of carbonyl (C=O) groups excluding carboxylic acids is 1. The van der Waals surface area contributed by atoms with Crippen molar-refractivity contribution in [3.63, 3.8) is 0 Å². The molecule has 0 saturated carbocycles. The molecule has 0 radical (unpaired) electrons. The van der Waals surface area contributed by atoms with Crippen molar-refractivity contribution in [1.82, 2.24) is 9.88 Å². The van der Waals surface area contributed by atoms with E-state index in [1.165, 1.54) is 16.2 Å². The number of hydrogen-bond donors (Lipinski definition) is 0. The molecule has 12 heteroatoms. The Kier molecular flexibility index (Phi) is 6.78. The Balaban J connectivity index is 2.06. The zero-order valence-electron chi connectivity index (χ0n) is 16.6. The molecule has 0 saturated heterocycles. The number of fused-ring (bicyclic) bond motifs is 1. The van der Waals surface area contributed by atoms with Crippen LogP contribution in [0.3, 0.4) is 0 Å². The topological polar surface area (TPSA) is 123 Å². The van der Waals surface area contributed by atoms with E-state index in [9.17, 15) is 25.0 Å². The number of nitro groups is 2. The van der Waals surface area contributed by atoms with Gasteiger partial charge in [-0.05, 0) is 39.2 Å². The lowest BCUT2D eigenvalue weighted by atomic mass is 10.1. The van der Waals surface area contributed by atoms with Gasteiger partial charge in [0.1, 0.15) is 5.52 Å². The predicted molar refractivity (Wildman–Crippen MR) is 119 cm³/mol. The molecule has 3 rings (SSSR count). The largest absolute Gasteiger partial charge is 0.309 e. The summed E-state index contributed by atoms with van der Waals surface area (Å²) in [4.78, 5) is 42.1. The van der Waals surface area contributed by atoms with Crippen molar-refractivity contribution >= 4 is 55.6 Å². The van der Waals surface area contributed by atoms with Gasteiger partial charge in [-0.2, -0.15) is 0 Å². The van der Waals surface area contributed by atoms with Crippen LogP contribution in [0.1, 0.15) is 16.8 Å². The van der Waals surface area contributed by atoms with E-state index in [1.54, 1.807) is 12.1 Å². The number of rotatable bonds is 8. The van der Waals surface area contributed by atoms with Gasteiger partial charge in [-0.3, -0.25) is 29.9 Å². The van der Waals surface area contributed by atoms with Crippen LogP contribution in [-0.2, 0) is 0 Å². The van der Waals surface area contributed by atoms with Crippen LogP contribution in [0, 0.1) is 20.2 Å². The molecule has 0 aliphatic carbocycles. The summed E-state index contributed by atoms with van der Waals surface area (Å²) in [6, 6.07) is 8.18. The quantitative estimate of drug-likeness (QED) is 0.359. The van der Waals surface area contributed by atoms with E-state index >= 15 is 0 Å². The summed E-state index contributed by atoms with van der Waals surface area (Å²) in [5, 5.41) is 23.2. The SMILES string of the molecule is CN(C)CCCN(C(=O)c1cc([N+](=O)[O-])cc([N+](=O)[O-])c1)c1nc2c(Cl)cccc2s1. The third kappa shape index (κ3) is 5.13. The minimum absolute atomic E-state index is 0.156. The van der Waals surface area contributed by atoms with Crippen LogP contribution in [0.15, 0.2) is 36.4 Å². The van der Waals surface area contributed by atoms with Crippen LogP contribution in [0.2, 0.25) is 5.02 Å². The number of halogens is 1. The summed E-state index contributed by atoms with van der Waals surface area (Å²) < 4.78 is 0.776. The lowest BCUT2D eigenvalue weighted by Crippen LogP contribution is -2.33. The van der Waals surface area contributed by atoms with Crippen molar-refractivity contribution in [2.45, 2.75) is 6.42 Å². The number of nitrogens with zero attached hydrogens (tertiary/aromatic N) is 5. The van der Waals surface area contributed by atoms with E-state index in [4.69, 9.17) is 11.6 Å². The number of hydrogen-bond acceptors (Lipinski definition) is 8. The highest BCUT2D eigenvalue weighted by Crippen LogP contribution is 2.34. The molecule has 0 atom stereocenters. The molecular weight excluding hydrogens is 446 g/mol. The summed E-state index contributed by atoms with van der Waals surface area (Å²) in [5.41, 5.74) is -0.674. The molecule has 1 amide bonds. The molecule has 0 bridgehead atoms. The van der Waals surface area contributed by atoms with Crippen LogP contribution in [0.4, 0.5) is 16.5 Å². The fraction of sp³-hybridized carbons (Fsp3) is 0.263. The van der Waals surface area contributed by atoms with E-state index in [2.05, 4.69) is 4.98 Å². The summed E-state index contributed by atoms with van der Waals surface area (Å²) in [7, 11) is 3.79. The molecule has 0 aliphatic heterocycles. The number of non-ortho nitro benzene ring substituents is 2. The molecule has 3 aromatic rings. The van der Waals surface area contributed by atoms with E-state index in [0.29, 0.717) is 28.6 Å². The van der Waals surface area contributed by atoms with Crippen molar-refractivity contribution in [3.05, 3.63) is 67.2 Å².